The van der Waals surface area contributed by atoms with Crippen molar-refractivity contribution in [2.45, 2.75) is 36.9 Å². The van der Waals surface area contributed by atoms with Crippen molar-refractivity contribution >= 4 is 23.6 Å². The van der Waals surface area contributed by atoms with Crippen LogP contribution < -0.4 is 5.32 Å². The lowest BCUT2D eigenvalue weighted by atomic mass is 10.0. The lowest BCUT2D eigenvalue weighted by molar-refractivity contribution is -0.154. The first kappa shape index (κ1) is 21.1. The van der Waals surface area contributed by atoms with Crippen LogP contribution in [0.1, 0.15) is 6.42 Å². The number of thioether (sulfide) groups is 1. The number of amides is 1. The first-order chi connectivity index (χ1) is 10.3. The van der Waals surface area contributed by atoms with Crippen molar-refractivity contribution in [1.82, 2.24) is 5.32 Å². The molecule has 0 fully saturated rings. The minimum Gasteiger partial charge on any atom is -0.467 e. The summed E-state index contributed by atoms with van der Waals surface area (Å²) in [5.41, 5.74) is 0. The van der Waals surface area contributed by atoms with E-state index in [-0.39, 0.29) is 6.42 Å². The number of aliphatic hydroxyl groups is 5. The minimum absolute atomic E-state index is 0.254. The summed E-state index contributed by atoms with van der Waals surface area (Å²) in [4.78, 5) is 23.3. The Labute approximate surface area is 132 Å². The van der Waals surface area contributed by atoms with Crippen molar-refractivity contribution in [2.75, 3.05) is 25.7 Å². The fraction of sp³-hybridized carbons (Fsp3) is 0.833. The molecule has 0 unspecified atom stereocenters. The lowest BCUT2D eigenvalue weighted by Gasteiger charge is -2.26. The molecule has 5 atom stereocenters. The molecule has 0 aromatic rings. The van der Waals surface area contributed by atoms with Gasteiger partial charge in [0, 0.05) is 0 Å². The van der Waals surface area contributed by atoms with Crippen molar-refractivity contribution in [3.8, 4) is 0 Å². The second kappa shape index (κ2) is 10.8. The fourth-order valence-electron chi connectivity index (χ4n) is 1.56. The van der Waals surface area contributed by atoms with Crippen LogP contribution in [0.2, 0.25) is 0 Å². The van der Waals surface area contributed by atoms with E-state index in [1.165, 1.54) is 11.8 Å². The molecular formula is C12H23NO8S. The summed E-state index contributed by atoms with van der Waals surface area (Å²) in [6.45, 7) is -0.856. The Morgan fingerprint density at radius 1 is 1.18 bits per heavy atom. The lowest BCUT2D eigenvalue weighted by Crippen LogP contribution is -2.54. The molecule has 130 valence electrons. The molecule has 6 N–H and O–H groups in total. The van der Waals surface area contributed by atoms with Crippen LogP contribution in [0.25, 0.3) is 0 Å². The zero-order valence-corrected chi connectivity index (χ0v) is 13.2. The van der Waals surface area contributed by atoms with Gasteiger partial charge in [-0.15, -0.1) is 0 Å². The molecule has 1 amide bonds. The van der Waals surface area contributed by atoms with E-state index in [0.29, 0.717) is 5.75 Å². The van der Waals surface area contributed by atoms with Gasteiger partial charge in [-0.05, 0) is 18.4 Å². The van der Waals surface area contributed by atoms with Gasteiger partial charge in [0.15, 0.2) is 6.10 Å². The molecule has 0 spiro atoms. The summed E-state index contributed by atoms with van der Waals surface area (Å²) in [6, 6.07) is -1.01. The van der Waals surface area contributed by atoms with Crippen molar-refractivity contribution < 1.29 is 39.9 Å². The zero-order valence-electron chi connectivity index (χ0n) is 12.4. The molecule has 0 rings (SSSR count). The Hall–Kier alpha value is -0.910. The summed E-state index contributed by atoms with van der Waals surface area (Å²) in [5, 5.41) is 48.7. The second-order valence-electron chi connectivity index (χ2n) is 4.54. The van der Waals surface area contributed by atoms with Crippen molar-refractivity contribution in [2.24, 2.45) is 0 Å². The molecule has 0 aromatic heterocycles. The van der Waals surface area contributed by atoms with Crippen molar-refractivity contribution in [1.29, 1.82) is 0 Å². The third kappa shape index (κ3) is 6.46. The summed E-state index contributed by atoms with van der Waals surface area (Å²) in [5.74, 6) is -1.27. The Balaban J connectivity index is 4.73. The molecule has 0 saturated carbocycles. The highest BCUT2D eigenvalue weighted by Crippen LogP contribution is 2.07. The average Bonchev–Trinajstić information content (AvgIpc) is 2.54. The number of rotatable bonds is 10. The van der Waals surface area contributed by atoms with E-state index in [0.717, 1.165) is 7.11 Å². The maximum absolute atomic E-state index is 11.8. The van der Waals surface area contributed by atoms with Gasteiger partial charge >= 0.3 is 5.97 Å². The SMILES string of the molecule is COC(=O)[C@H](CCSC)NC(=O)[C@H](O)[C@@H](O)[C@H](O)[C@H](O)CO. The van der Waals surface area contributed by atoms with Gasteiger partial charge in [0.1, 0.15) is 24.4 Å². The van der Waals surface area contributed by atoms with E-state index in [1.54, 1.807) is 6.26 Å². The van der Waals surface area contributed by atoms with E-state index < -0.39 is 48.9 Å². The van der Waals surface area contributed by atoms with Gasteiger partial charge in [-0.2, -0.15) is 11.8 Å². The third-order valence-corrected chi connectivity index (χ3v) is 3.58. The molecule has 22 heavy (non-hydrogen) atoms. The molecule has 0 saturated heterocycles. The van der Waals surface area contributed by atoms with Gasteiger partial charge < -0.3 is 35.6 Å². The first-order valence-electron chi connectivity index (χ1n) is 6.50. The monoisotopic (exact) mass is 341 g/mol. The summed E-state index contributed by atoms with van der Waals surface area (Å²) < 4.78 is 4.52. The number of carbonyl (C=O) groups excluding carboxylic acids is 2. The number of nitrogens with one attached hydrogen (secondary N) is 1. The smallest absolute Gasteiger partial charge is 0.328 e. The topological polar surface area (TPSA) is 157 Å². The number of carbonyl (C=O) groups is 2. The number of hydrogen-bond donors (Lipinski definition) is 6. The van der Waals surface area contributed by atoms with Crippen LogP contribution in [-0.4, -0.2) is 93.6 Å². The van der Waals surface area contributed by atoms with Gasteiger partial charge in [-0.3, -0.25) is 4.79 Å². The van der Waals surface area contributed by atoms with Crippen LogP contribution in [0.4, 0.5) is 0 Å². The number of methoxy groups -OCH3 is 1. The molecule has 0 heterocycles. The first-order valence-corrected chi connectivity index (χ1v) is 7.89. The van der Waals surface area contributed by atoms with Crippen LogP contribution in [-0.2, 0) is 14.3 Å². The van der Waals surface area contributed by atoms with Crippen LogP contribution in [0.3, 0.4) is 0 Å². The number of aliphatic hydroxyl groups excluding tert-OH is 5. The van der Waals surface area contributed by atoms with Gasteiger partial charge in [0.25, 0.3) is 5.91 Å². The summed E-state index contributed by atoms with van der Waals surface area (Å²) in [6.07, 6.45) is -5.69. The van der Waals surface area contributed by atoms with Gasteiger partial charge in [-0.1, -0.05) is 0 Å². The van der Waals surface area contributed by atoms with Gasteiger partial charge in [0.2, 0.25) is 0 Å². The maximum Gasteiger partial charge on any atom is 0.328 e. The Morgan fingerprint density at radius 3 is 2.23 bits per heavy atom. The quantitative estimate of drug-likeness (QED) is 0.226. The molecule has 0 aliphatic heterocycles. The summed E-state index contributed by atoms with van der Waals surface area (Å²) >= 11 is 1.44. The average molecular weight is 341 g/mol. The maximum atomic E-state index is 11.8. The normalized spacial score (nSPS) is 18.0. The highest BCUT2D eigenvalue weighted by Gasteiger charge is 2.35. The molecule has 0 aliphatic rings. The van der Waals surface area contributed by atoms with E-state index in [1.807, 2.05) is 0 Å². The van der Waals surface area contributed by atoms with Gasteiger partial charge in [-0.25, -0.2) is 4.79 Å². The molecule has 0 bridgehead atoms. The van der Waals surface area contributed by atoms with E-state index >= 15 is 0 Å². The van der Waals surface area contributed by atoms with Crippen molar-refractivity contribution in [3.63, 3.8) is 0 Å². The Morgan fingerprint density at radius 2 is 1.77 bits per heavy atom. The number of ether oxygens (including phenoxy) is 1. The largest absolute Gasteiger partial charge is 0.467 e. The zero-order chi connectivity index (χ0) is 17.3. The van der Waals surface area contributed by atoms with E-state index in [4.69, 9.17) is 5.11 Å². The third-order valence-electron chi connectivity index (χ3n) is 2.94. The van der Waals surface area contributed by atoms with E-state index in [9.17, 15) is 30.0 Å². The fourth-order valence-corrected chi connectivity index (χ4v) is 2.03. The predicted molar refractivity (Wildman–Crippen MR) is 78.1 cm³/mol. The number of esters is 1. The highest BCUT2D eigenvalue weighted by molar-refractivity contribution is 7.98. The molecule has 0 aromatic carbocycles. The van der Waals surface area contributed by atoms with Gasteiger partial charge in [0.05, 0.1) is 13.7 Å². The summed E-state index contributed by atoms with van der Waals surface area (Å²) in [7, 11) is 1.15. The van der Waals surface area contributed by atoms with Crippen LogP contribution in [0.5, 0.6) is 0 Å². The van der Waals surface area contributed by atoms with E-state index in [2.05, 4.69) is 10.1 Å². The molecule has 10 heteroatoms. The second-order valence-corrected chi connectivity index (χ2v) is 5.53. The molecule has 9 nitrogen and oxygen atoms in total. The predicted octanol–water partition coefficient (Wildman–Crippen LogP) is -3.17. The molecule has 0 aliphatic carbocycles. The minimum atomic E-state index is -2.09. The van der Waals surface area contributed by atoms with Crippen molar-refractivity contribution in [3.05, 3.63) is 0 Å². The molecular weight excluding hydrogens is 318 g/mol. The highest BCUT2D eigenvalue weighted by atomic mass is 32.2. The van der Waals surface area contributed by atoms with Crippen LogP contribution >= 0.6 is 11.8 Å². The standard InChI is InChI=1S/C12H23NO8S/c1-21-12(20)6(3-4-22-2)13-11(19)10(18)9(17)8(16)7(15)5-14/h6-10,14-18H,3-5H2,1-2H3,(H,13,19)/t6-,7+,8+,9-,10+/m0/s1. The molecule has 0 radical (unpaired) electrons. The van der Waals surface area contributed by atoms with Crippen LogP contribution in [0, 0.1) is 0 Å². The Kier molecular flexibility index (Phi) is 10.3. The van der Waals surface area contributed by atoms with Crippen LogP contribution in [0.15, 0.2) is 0 Å². The number of hydrogen-bond acceptors (Lipinski definition) is 9. The Bertz CT molecular complexity index is 356.